The Hall–Kier alpha value is -3.41. The molecule has 0 saturated heterocycles. The van der Waals surface area contributed by atoms with Crippen LogP contribution in [0.5, 0.6) is 0 Å². The number of rotatable bonds is 5. The molecule has 3 aromatic rings. The smallest absolute Gasteiger partial charge is 0.325 e. The van der Waals surface area contributed by atoms with Gasteiger partial charge in [-0.15, -0.1) is 0 Å². The van der Waals surface area contributed by atoms with E-state index in [1.165, 1.54) is 7.11 Å². The van der Waals surface area contributed by atoms with Gasteiger partial charge in [-0.1, -0.05) is 36.4 Å². The Balaban J connectivity index is 1.82. The van der Waals surface area contributed by atoms with Gasteiger partial charge in [-0.25, -0.2) is 5.43 Å². The number of hydrazone groups is 1. The van der Waals surface area contributed by atoms with Crippen molar-refractivity contribution in [2.24, 2.45) is 5.10 Å². The van der Waals surface area contributed by atoms with Crippen LogP contribution in [0.15, 0.2) is 59.8 Å². The molecule has 6 nitrogen and oxygen atoms in total. The molecule has 132 valence electrons. The van der Waals surface area contributed by atoms with Crippen LogP contribution in [0.4, 0.5) is 0 Å². The van der Waals surface area contributed by atoms with Gasteiger partial charge in [0.1, 0.15) is 6.54 Å². The number of amides is 1. The van der Waals surface area contributed by atoms with Gasteiger partial charge in [-0.2, -0.15) is 5.10 Å². The summed E-state index contributed by atoms with van der Waals surface area (Å²) in [5.74, 6) is -0.597. The minimum atomic E-state index is -0.331. The van der Waals surface area contributed by atoms with E-state index in [9.17, 15) is 9.59 Å². The number of carbonyl (C=O) groups is 2. The maximum atomic E-state index is 12.2. The largest absolute Gasteiger partial charge is 0.468 e. The minimum absolute atomic E-state index is 0.112. The molecular weight excluding hydrogens is 330 g/mol. The number of para-hydroxylation sites is 1. The van der Waals surface area contributed by atoms with Crippen LogP contribution in [-0.2, 0) is 16.1 Å². The van der Waals surface area contributed by atoms with E-state index in [1.807, 2.05) is 55.6 Å². The number of carbonyl (C=O) groups excluding carboxylic acids is 2. The third kappa shape index (κ3) is 3.64. The average Bonchev–Trinajstić information content (AvgIpc) is 2.99. The van der Waals surface area contributed by atoms with E-state index in [-0.39, 0.29) is 18.4 Å². The lowest BCUT2D eigenvalue weighted by Crippen LogP contribution is -2.18. The minimum Gasteiger partial charge on any atom is -0.468 e. The molecule has 0 radical (unpaired) electrons. The number of esters is 1. The number of ether oxygens (including phenoxy) is 1. The highest BCUT2D eigenvalue weighted by Gasteiger charge is 2.10. The lowest BCUT2D eigenvalue weighted by Gasteiger charge is -2.02. The van der Waals surface area contributed by atoms with Crippen LogP contribution in [0.1, 0.15) is 21.5 Å². The summed E-state index contributed by atoms with van der Waals surface area (Å²) in [4.78, 5) is 23.8. The lowest BCUT2D eigenvalue weighted by atomic mass is 10.1. The van der Waals surface area contributed by atoms with E-state index in [0.29, 0.717) is 5.56 Å². The van der Waals surface area contributed by atoms with Crippen molar-refractivity contribution in [2.45, 2.75) is 13.5 Å². The van der Waals surface area contributed by atoms with E-state index in [1.54, 1.807) is 16.8 Å². The molecule has 0 unspecified atom stereocenters. The van der Waals surface area contributed by atoms with Gasteiger partial charge in [0.2, 0.25) is 0 Å². The zero-order valence-electron chi connectivity index (χ0n) is 14.6. The molecule has 0 fully saturated rings. The van der Waals surface area contributed by atoms with Crippen LogP contribution in [-0.4, -0.2) is 29.8 Å². The van der Waals surface area contributed by atoms with Crippen molar-refractivity contribution >= 4 is 29.0 Å². The maximum absolute atomic E-state index is 12.2. The van der Waals surface area contributed by atoms with Crippen molar-refractivity contribution in [3.8, 4) is 0 Å². The first-order valence-electron chi connectivity index (χ1n) is 8.14. The second-order valence-electron chi connectivity index (χ2n) is 5.82. The van der Waals surface area contributed by atoms with Gasteiger partial charge in [0.05, 0.1) is 13.3 Å². The number of aromatic nitrogens is 1. The van der Waals surface area contributed by atoms with Crippen LogP contribution < -0.4 is 5.43 Å². The van der Waals surface area contributed by atoms with Crippen molar-refractivity contribution in [1.82, 2.24) is 9.99 Å². The molecule has 2 aromatic carbocycles. The Morgan fingerprint density at radius 2 is 1.88 bits per heavy atom. The van der Waals surface area contributed by atoms with E-state index in [0.717, 1.165) is 22.0 Å². The zero-order chi connectivity index (χ0) is 18.5. The number of nitrogens with zero attached hydrogens (tertiary/aromatic N) is 2. The molecule has 26 heavy (non-hydrogen) atoms. The van der Waals surface area contributed by atoms with Crippen molar-refractivity contribution in [3.63, 3.8) is 0 Å². The summed E-state index contributed by atoms with van der Waals surface area (Å²) in [7, 11) is 1.36. The van der Waals surface area contributed by atoms with Crippen LogP contribution in [0.25, 0.3) is 10.9 Å². The summed E-state index contributed by atoms with van der Waals surface area (Å²) < 4.78 is 6.53. The topological polar surface area (TPSA) is 72.7 Å². The van der Waals surface area contributed by atoms with Crippen molar-refractivity contribution < 1.29 is 14.3 Å². The fourth-order valence-electron chi connectivity index (χ4n) is 2.76. The van der Waals surface area contributed by atoms with Crippen molar-refractivity contribution in [1.29, 1.82) is 0 Å². The van der Waals surface area contributed by atoms with Gasteiger partial charge in [0.25, 0.3) is 5.91 Å². The SMILES string of the molecule is COC(=O)Cn1cc(/C=N/NC(=O)c2ccccc2C)c2ccccc21. The van der Waals surface area contributed by atoms with Gasteiger partial charge in [-0.05, 0) is 24.6 Å². The Kier molecular flexibility index (Phi) is 5.12. The summed E-state index contributed by atoms with van der Waals surface area (Å²) in [5.41, 5.74) is 5.70. The molecule has 1 heterocycles. The second-order valence-corrected chi connectivity index (χ2v) is 5.82. The molecule has 0 bridgehead atoms. The van der Waals surface area contributed by atoms with Gasteiger partial charge < -0.3 is 9.30 Å². The molecule has 0 aliphatic carbocycles. The van der Waals surface area contributed by atoms with E-state index in [4.69, 9.17) is 4.74 Å². The van der Waals surface area contributed by atoms with Crippen LogP contribution in [0, 0.1) is 6.92 Å². The van der Waals surface area contributed by atoms with Crippen LogP contribution in [0.2, 0.25) is 0 Å². The summed E-state index contributed by atoms with van der Waals surface area (Å²) in [6.07, 6.45) is 3.39. The number of benzene rings is 2. The molecule has 1 amide bonds. The average molecular weight is 349 g/mol. The Morgan fingerprint density at radius 1 is 1.15 bits per heavy atom. The second kappa shape index (κ2) is 7.65. The predicted molar refractivity (Wildman–Crippen MR) is 100 cm³/mol. The normalized spacial score (nSPS) is 11.0. The highest BCUT2D eigenvalue weighted by Crippen LogP contribution is 2.20. The number of hydrogen-bond donors (Lipinski definition) is 1. The number of aryl methyl sites for hydroxylation is 1. The number of hydrogen-bond acceptors (Lipinski definition) is 4. The van der Waals surface area contributed by atoms with Crippen LogP contribution >= 0.6 is 0 Å². The van der Waals surface area contributed by atoms with E-state index in [2.05, 4.69) is 10.5 Å². The number of methoxy groups -OCH3 is 1. The molecule has 1 aromatic heterocycles. The quantitative estimate of drug-likeness (QED) is 0.437. The predicted octanol–water partition coefficient (Wildman–Crippen LogP) is 2.89. The molecule has 0 saturated carbocycles. The molecule has 0 atom stereocenters. The van der Waals surface area contributed by atoms with Crippen molar-refractivity contribution in [2.75, 3.05) is 7.11 Å². The zero-order valence-corrected chi connectivity index (χ0v) is 14.6. The fourth-order valence-corrected chi connectivity index (χ4v) is 2.76. The molecule has 3 rings (SSSR count). The van der Waals surface area contributed by atoms with Crippen LogP contribution in [0.3, 0.4) is 0 Å². The Bertz CT molecular complexity index is 989. The van der Waals surface area contributed by atoms with Gasteiger partial charge >= 0.3 is 5.97 Å². The molecule has 1 N–H and O–H groups in total. The summed E-state index contributed by atoms with van der Waals surface area (Å²) in [6, 6.07) is 15.0. The highest BCUT2D eigenvalue weighted by molar-refractivity contribution is 6.01. The maximum Gasteiger partial charge on any atom is 0.325 e. The molecule has 0 spiro atoms. The first kappa shape index (κ1) is 17.4. The Labute approximate surface area is 151 Å². The first-order chi connectivity index (χ1) is 12.6. The Morgan fingerprint density at radius 3 is 2.65 bits per heavy atom. The standard InChI is InChI=1S/C20H19N3O3/c1-14-7-3-4-8-16(14)20(25)22-21-11-15-12-23(13-19(24)26-2)18-10-6-5-9-17(15)18/h3-12H,13H2,1-2H3,(H,22,25)/b21-11+. The van der Waals surface area contributed by atoms with E-state index >= 15 is 0 Å². The number of fused-ring (bicyclic) bond motifs is 1. The third-order valence-electron chi connectivity index (χ3n) is 4.11. The molecule has 0 aliphatic heterocycles. The third-order valence-corrected chi connectivity index (χ3v) is 4.11. The monoisotopic (exact) mass is 349 g/mol. The molecule has 0 aliphatic rings. The molecule has 6 heteroatoms. The van der Waals surface area contributed by atoms with Gasteiger partial charge in [-0.3, -0.25) is 9.59 Å². The van der Waals surface area contributed by atoms with Gasteiger partial charge in [0.15, 0.2) is 0 Å². The summed E-state index contributed by atoms with van der Waals surface area (Å²) in [6.45, 7) is 1.99. The summed E-state index contributed by atoms with van der Waals surface area (Å²) in [5, 5.41) is 5.00. The fraction of sp³-hybridized carbons (Fsp3) is 0.150. The van der Waals surface area contributed by atoms with Crippen molar-refractivity contribution in [3.05, 3.63) is 71.4 Å². The van der Waals surface area contributed by atoms with Gasteiger partial charge in [0, 0.05) is 28.2 Å². The molecular formula is C20H19N3O3. The lowest BCUT2D eigenvalue weighted by molar-refractivity contribution is -0.141. The number of nitrogens with one attached hydrogen (secondary N) is 1. The summed E-state index contributed by atoms with van der Waals surface area (Å²) >= 11 is 0. The van der Waals surface area contributed by atoms with E-state index < -0.39 is 0 Å². The highest BCUT2D eigenvalue weighted by atomic mass is 16.5. The first-order valence-corrected chi connectivity index (χ1v) is 8.14.